The van der Waals surface area contributed by atoms with E-state index >= 15 is 0 Å². The monoisotopic (exact) mass is 263 g/mol. The molecule has 2 atom stereocenters. The number of aliphatic hydroxyl groups is 2. The molecule has 2 N–H and O–H groups in total. The highest BCUT2D eigenvalue weighted by atomic mass is 16.3. The van der Waals surface area contributed by atoms with Crippen molar-refractivity contribution in [1.82, 2.24) is 9.97 Å². The third-order valence-electron chi connectivity index (χ3n) is 4.21. The van der Waals surface area contributed by atoms with Crippen LogP contribution in [0.5, 0.6) is 0 Å². The molecular formula is C14H21N3O2. The molecule has 0 bridgehead atoms. The average Bonchev–Trinajstić information content (AvgIpc) is 2.29. The van der Waals surface area contributed by atoms with Crippen LogP contribution in [0, 0.1) is 6.92 Å². The summed E-state index contributed by atoms with van der Waals surface area (Å²) in [5.41, 5.74) is 2.11. The van der Waals surface area contributed by atoms with Crippen molar-refractivity contribution in [2.24, 2.45) is 0 Å². The second-order valence-corrected chi connectivity index (χ2v) is 5.73. The van der Waals surface area contributed by atoms with Gasteiger partial charge in [0.2, 0.25) is 5.95 Å². The largest absolute Gasteiger partial charge is 0.390 e. The van der Waals surface area contributed by atoms with Gasteiger partial charge in [-0.05, 0) is 32.3 Å². The first kappa shape index (κ1) is 12.8. The summed E-state index contributed by atoms with van der Waals surface area (Å²) in [6.07, 6.45) is 2.97. The quantitative estimate of drug-likeness (QED) is 0.832. The highest BCUT2D eigenvalue weighted by Crippen LogP contribution is 2.36. The summed E-state index contributed by atoms with van der Waals surface area (Å²) in [5, 5.41) is 19.3. The number of aliphatic hydroxyl groups excluding tert-OH is 2. The number of nitrogens with zero attached hydrogens (tertiary/aromatic N) is 3. The van der Waals surface area contributed by atoms with Gasteiger partial charge in [0, 0.05) is 30.4 Å². The van der Waals surface area contributed by atoms with Crippen LogP contribution in [0.15, 0.2) is 6.07 Å². The number of hydrogen-bond donors (Lipinski definition) is 2. The minimum atomic E-state index is -0.704. The molecule has 5 nitrogen and oxygen atoms in total. The molecule has 3 rings (SSSR count). The van der Waals surface area contributed by atoms with Crippen LogP contribution in [0.25, 0.3) is 0 Å². The zero-order valence-electron chi connectivity index (χ0n) is 11.3. The van der Waals surface area contributed by atoms with Crippen LogP contribution in [0.1, 0.15) is 43.0 Å². The van der Waals surface area contributed by atoms with E-state index in [4.69, 9.17) is 0 Å². The van der Waals surface area contributed by atoms with Gasteiger partial charge in [-0.1, -0.05) is 6.42 Å². The second kappa shape index (κ2) is 5.06. The third-order valence-corrected chi connectivity index (χ3v) is 4.21. The van der Waals surface area contributed by atoms with Gasteiger partial charge in [0.1, 0.15) is 0 Å². The maximum absolute atomic E-state index is 9.77. The van der Waals surface area contributed by atoms with E-state index in [1.165, 1.54) is 19.3 Å². The minimum absolute atomic E-state index is 0.411. The summed E-state index contributed by atoms with van der Waals surface area (Å²) >= 11 is 0. The van der Waals surface area contributed by atoms with Gasteiger partial charge in [0.05, 0.1) is 12.2 Å². The SMILES string of the molecule is Cc1cc(C2CCC2)nc(N2CC[C@H](O)[C@@H](O)C2)n1. The Morgan fingerprint density at radius 2 is 1.95 bits per heavy atom. The molecule has 5 heteroatoms. The number of hydrogen-bond acceptors (Lipinski definition) is 5. The number of anilines is 1. The second-order valence-electron chi connectivity index (χ2n) is 5.73. The molecule has 19 heavy (non-hydrogen) atoms. The predicted octanol–water partition coefficient (Wildman–Crippen LogP) is 0.984. The minimum Gasteiger partial charge on any atom is -0.390 e. The van der Waals surface area contributed by atoms with E-state index in [2.05, 4.69) is 16.0 Å². The normalized spacial score (nSPS) is 28.3. The summed E-state index contributed by atoms with van der Waals surface area (Å²) < 4.78 is 0. The van der Waals surface area contributed by atoms with Crippen molar-refractivity contribution in [3.05, 3.63) is 17.5 Å². The van der Waals surface area contributed by atoms with E-state index < -0.39 is 12.2 Å². The van der Waals surface area contributed by atoms with Crippen LogP contribution in [-0.4, -0.2) is 45.5 Å². The first-order chi connectivity index (χ1) is 9.13. The Labute approximate surface area is 113 Å². The van der Waals surface area contributed by atoms with Crippen LogP contribution in [0.4, 0.5) is 5.95 Å². The zero-order valence-corrected chi connectivity index (χ0v) is 11.3. The molecule has 0 aromatic carbocycles. The fourth-order valence-corrected chi connectivity index (χ4v) is 2.73. The van der Waals surface area contributed by atoms with E-state index in [1.54, 1.807) is 0 Å². The van der Waals surface area contributed by atoms with E-state index in [0.717, 1.165) is 11.4 Å². The summed E-state index contributed by atoms with van der Waals surface area (Å²) in [7, 11) is 0. The maximum Gasteiger partial charge on any atom is 0.225 e. The number of piperidine rings is 1. The van der Waals surface area contributed by atoms with Crippen molar-refractivity contribution in [3.63, 3.8) is 0 Å². The topological polar surface area (TPSA) is 69.5 Å². The molecule has 2 fully saturated rings. The predicted molar refractivity (Wildman–Crippen MR) is 72.2 cm³/mol. The van der Waals surface area contributed by atoms with Crippen LogP contribution in [0.2, 0.25) is 0 Å². The molecule has 1 saturated heterocycles. The Bertz CT molecular complexity index is 462. The van der Waals surface area contributed by atoms with Gasteiger partial charge in [-0.25, -0.2) is 9.97 Å². The van der Waals surface area contributed by atoms with Crippen molar-refractivity contribution in [2.45, 2.75) is 50.7 Å². The summed E-state index contributed by atoms with van der Waals surface area (Å²) in [4.78, 5) is 11.1. The highest BCUT2D eigenvalue weighted by molar-refractivity contribution is 5.34. The molecule has 2 aliphatic rings. The van der Waals surface area contributed by atoms with E-state index in [1.807, 2.05) is 11.8 Å². The summed E-state index contributed by atoms with van der Waals surface area (Å²) in [6, 6.07) is 2.07. The van der Waals surface area contributed by atoms with Crippen LogP contribution >= 0.6 is 0 Å². The van der Waals surface area contributed by atoms with Gasteiger partial charge in [0.25, 0.3) is 0 Å². The number of rotatable bonds is 2. The Hall–Kier alpha value is -1.20. The first-order valence-corrected chi connectivity index (χ1v) is 7.10. The molecule has 2 heterocycles. The number of aromatic nitrogens is 2. The van der Waals surface area contributed by atoms with Gasteiger partial charge < -0.3 is 15.1 Å². The van der Waals surface area contributed by atoms with Crippen molar-refractivity contribution >= 4 is 5.95 Å². The Morgan fingerprint density at radius 3 is 2.58 bits per heavy atom. The smallest absolute Gasteiger partial charge is 0.225 e. The van der Waals surface area contributed by atoms with Crippen LogP contribution < -0.4 is 4.90 Å². The van der Waals surface area contributed by atoms with Gasteiger partial charge in [-0.2, -0.15) is 0 Å². The summed E-state index contributed by atoms with van der Waals surface area (Å²) in [5.74, 6) is 1.29. The van der Waals surface area contributed by atoms with Crippen molar-refractivity contribution in [3.8, 4) is 0 Å². The molecule has 1 aliphatic heterocycles. The Balaban J connectivity index is 1.81. The Kier molecular flexibility index (Phi) is 3.41. The molecule has 0 amide bonds. The van der Waals surface area contributed by atoms with Crippen molar-refractivity contribution in [2.75, 3.05) is 18.0 Å². The standard InChI is InChI=1S/C14H21N3O2/c1-9-7-11(10-3-2-4-10)16-14(15-9)17-6-5-12(18)13(19)8-17/h7,10,12-13,18-19H,2-6,8H2,1H3/t12-,13-/m0/s1. The lowest BCUT2D eigenvalue weighted by molar-refractivity contribution is 0.00767. The van der Waals surface area contributed by atoms with Gasteiger partial charge in [0.15, 0.2) is 0 Å². The molecule has 0 spiro atoms. The molecular weight excluding hydrogens is 242 g/mol. The molecule has 0 unspecified atom stereocenters. The van der Waals surface area contributed by atoms with E-state index in [0.29, 0.717) is 31.4 Å². The molecule has 1 saturated carbocycles. The fourth-order valence-electron chi connectivity index (χ4n) is 2.73. The lowest BCUT2D eigenvalue weighted by Gasteiger charge is -2.34. The van der Waals surface area contributed by atoms with Crippen LogP contribution in [-0.2, 0) is 0 Å². The molecule has 0 radical (unpaired) electrons. The van der Waals surface area contributed by atoms with Crippen LogP contribution in [0.3, 0.4) is 0 Å². The molecule has 1 aromatic heterocycles. The highest BCUT2D eigenvalue weighted by Gasteiger charge is 2.28. The first-order valence-electron chi connectivity index (χ1n) is 7.10. The third kappa shape index (κ3) is 2.58. The maximum atomic E-state index is 9.77. The molecule has 104 valence electrons. The lowest BCUT2D eigenvalue weighted by Crippen LogP contribution is -2.47. The Morgan fingerprint density at radius 1 is 1.16 bits per heavy atom. The van der Waals surface area contributed by atoms with Crippen molar-refractivity contribution in [1.29, 1.82) is 0 Å². The lowest BCUT2D eigenvalue weighted by atomic mass is 9.82. The van der Waals surface area contributed by atoms with E-state index in [9.17, 15) is 10.2 Å². The van der Waals surface area contributed by atoms with Gasteiger partial charge in [-0.15, -0.1) is 0 Å². The average molecular weight is 263 g/mol. The van der Waals surface area contributed by atoms with Gasteiger partial charge in [-0.3, -0.25) is 0 Å². The van der Waals surface area contributed by atoms with Gasteiger partial charge >= 0.3 is 0 Å². The number of β-amino-alcohol motifs (C(OH)–C–C–N with tert-alkyl or cyclic N) is 1. The van der Waals surface area contributed by atoms with Crippen molar-refractivity contribution < 1.29 is 10.2 Å². The fraction of sp³-hybridized carbons (Fsp3) is 0.714. The molecule has 1 aromatic rings. The summed E-state index contributed by atoms with van der Waals surface area (Å²) in [6.45, 7) is 3.10. The molecule has 1 aliphatic carbocycles. The zero-order chi connectivity index (χ0) is 13.4. The number of aryl methyl sites for hydroxylation is 1. The van der Waals surface area contributed by atoms with E-state index in [-0.39, 0.29) is 0 Å².